The Morgan fingerprint density at radius 3 is 2.54 bits per heavy atom. The largest absolute Gasteiger partial charge is 0.486 e. The molecule has 0 atom stereocenters. The molecule has 1 aromatic carbocycles. The maximum absolute atomic E-state index is 12.0. The first kappa shape index (κ1) is 16.8. The van der Waals surface area contributed by atoms with Crippen LogP contribution in [0.3, 0.4) is 0 Å². The van der Waals surface area contributed by atoms with Gasteiger partial charge in [0.25, 0.3) is 5.91 Å². The summed E-state index contributed by atoms with van der Waals surface area (Å²) in [6.07, 6.45) is 1.45. The predicted octanol–water partition coefficient (Wildman–Crippen LogP) is 4.31. The highest BCUT2D eigenvalue weighted by molar-refractivity contribution is 8.15. The van der Waals surface area contributed by atoms with Crippen LogP contribution in [0.4, 0.5) is 5.69 Å². The van der Waals surface area contributed by atoms with Crippen molar-refractivity contribution < 1.29 is 14.3 Å². The molecule has 0 radical (unpaired) electrons. The summed E-state index contributed by atoms with van der Waals surface area (Å²) in [7, 11) is 0. The third kappa shape index (κ3) is 3.88. The molecule has 1 aliphatic rings. The van der Waals surface area contributed by atoms with Gasteiger partial charge in [-0.25, -0.2) is 0 Å². The quantitative estimate of drug-likeness (QED) is 0.864. The van der Waals surface area contributed by atoms with E-state index in [0.29, 0.717) is 11.4 Å². The summed E-state index contributed by atoms with van der Waals surface area (Å²) in [5, 5.41) is 4.79. The Hall–Kier alpha value is -2.05. The summed E-state index contributed by atoms with van der Waals surface area (Å²) in [4.78, 5) is 24.7. The van der Waals surface area contributed by atoms with Gasteiger partial charge in [-0.05, 0) is 43.0 Å². The van der Waals surface area contributed by atoms with Crippen LogP contribution in [-0.4, -0.2) is 22.4 Å². The van der Waals surface area contributed by atoms with E-state index in [9.17, 15) is 9.59 Å². The van der Waals surface area contributed by atoms with E-state index >= 15 is 0 Å². The average molecular weight is 359 g/mol. The van der Waals surface area contributed by atoms with Crippen LogP contribution >= 0.6 is 23.1 Å². The zero-order chi connectivity index (χ0) is 17.2. The molecule has 2 heterocycles. The molecule has 1 aromatic heterocycles. The number of thioether (sulfide) groups is 1. The summed E-state index contributed by atoms with van der Waals surface area (Å²) in [6.45, 7) is 3.68. The highest BCUT2D eigenvalue weighted by Crippen LogP contribution is 2.39. The van der Waals surface area contributed by atoms with Crippen LogP contribution in [0.25, 0.3) is 10.4 Å². The monoisotopic (exact) mass is 359 g/mol. The van der Waals surface area contributed by atoms with Crippen LogP contribution < -0.4 is 5.32 Å². The Balaban J connectivity index is 1.56. The fourth-order valence-electron chi connectivity index (χ4n) is 2.33. The van der Waals surface area contributed by atoms with E-state index in [1.54, 1.807) is 11.3 Å². The normalized spacial score (nSPS) is 15.9. The van der Waals surface area contributed by atoms with E-state index in [4.69, 9.17) is 4.74 Å². The van der Waals surface area contributed by atoms with Gasteiger partial charge in [-0.3, -0.25) is 9.59 Å². The second kappa shape index (κ2) is 6.83. The summed E-state index contributed by atoms with van der Waals surface area (Å²) in [6, 6.07) is 11.7. The summed E-state index contributed by atoms with van der Waals surface area (Å²) < 4.78 is 5.10. The molecule has 6 heteroatoms. The van der Waals surface area contributed by atoms with Crippen molar-refractivity contribution in [3.8, 4) is 10.4 Å². The van der Waals surface area contributed by atoms with Crippen LogP contribution in [0.2, 0.25) is 0 Å². The molecule has 1 amide bonds. The van der Waals surface area contributed by atoms with Gasteiger partial charge in [0.15, 0.2) is 6.61 Å². The van der Waals surface area contributed by atoms with Gasteiger partial charge in [0.1, 0.15) is 5.76 Å². The number of carbonyl (C=O) groups excluding carboxylic acids is 2. The van der Waals surface area contributed by atoms with Crippen molar-refractivity contribution in [2.45, 2.75) is 18.6 Å². The second-order valence-corrected chi connectivity index (χ2v) is 8.41. The minimum Gasteiger partial charge on any atom is -0.486 e. The number of benzene rings is 1. The zero-order valence-corrected chi connectivity index (χ0v) is 15.0. The average Bonchev–Trinajstić information content (AvgIpc) is 3.13. The number of hydrogen-bond donors (Lipinski definition) is 1. The third-order valence-corrected chi connectivity index (χ3v) is 5.48. The van der Waals surface area contributed by atoms with Crippen molar-refractivity contribution in [1.29, 1.82) is 0 Å². The lowest BCUT2D eigenvalue weighted by Crippen LogP contribution is -2.23. The number of carbonyl (C=O) groups is 2. The lowest BCUT2D eigenvalue weighted by molar-refractivity contribution is -0.119. The Bertz CT molecular complexity index is 777. The molecular formula is C18H17NO3S2. The molecule has 0 bridgehead atoms. The molecule has 3 rings (SSSR count). The smallest absolute Gasteiger partial charge is 0.262 e. The summed E-state index contributed by atoms with van der Waals surface area (Å²) in [5.74, 6) is 0.292. The molecule has 0 saturated heterocycles. The minimum atomic E-state index is -0.417. The van der Waals surface area contributed by atoms with Gasteiger partial charge in [-0.2, -0.15) is 0 Å². The van der Waals surface area contributed by atoms with Gasteiger partial charge in [0.05, 0.1) is 4.75 Å². The molecule has 2 aromatic rings. The van der Waals surface area contributed by atoms with Crippen LogP contribution in [0, 0.1) is 0 Å². The molecule has 124 valence electrons. The number of hydrogen-bond acceptors (Lipinski definition) is 5. The second-order valence-electron chi connectivity index (χ2n) is 5.83. The van der Waals surface area contributed by atoms with Crippen molar-refractivity contribution >= 4 is 39.8 Å². The third-order valence-electron chi connectivity index (χ3n) is 3.53. The Morgan fingerprint density at radius 2 is 1.96 bits per heavy atom. The maximum Gasteiger partial charge on any atom is 0.262 e. The van der Waals surface area contributed by atoms with Crippen LogP contribution in [0.5, 0.6) is 0 Å². The van der Waals surface area contributed by atoms with Crippen molar-refractivity contribution in [1.82, 2.24) is 0 Å². The fraction of sp³-hybridized carbons (Fsp3) is 0.222. The van der Waals surface area contributed by atoms with Gasteiger partial charge >= 0.3 is 0 Å². The SMILES string of the molecule is CC1(C)SC(=O)C=C1OCC(=O)Nc1ccc(-c2cccs2)cc1. The number of amides is 1. The first-order valence-electron chi connectivity index (χ1n) is 7.46. The number of rotatable bonds is 5. The number of thiophene rings is 1. The minimum absolute atomic E-state index is 0.0421. The molecule has 24 heavy (non-hydrogen) atoms. The first-order chi connectivity index (χ1) is 11.4. The highest BCUT2D eigenvalue weighted by atomic mass is 32.2. The number of anilines is 1. The lowest BCUT2D eigenvalue weighted by Gasteiger charge is -2.20. The molecule has 0 unspecified atom stereocenters. The maximum atomic E-state index is 12.0. The van der Waals surface area contributed by atoms with Gasteiger partial charge in [0.2, 0.25) is 5.12 Å². The number of ether oxygens (including phenoxy) is 1. The fourth-order valence-corrected chi connectivity index (χ4v) is 3.95. The van der Waals surface area contributed by atoms with E-state index in [1.165, 1.54) is 22.7 Å². The van der Waals surface area contributed by atoms with E-state index in [-0.39, 0.29) is 17.6 Å². The lowest BCUT2D eigenvalue weighted by atomic mass is 10.1. The molecule has 0 spiro atoms. The van der Waals surface area contributed by atoms with E-state index in [1.807, 2.05) is 49.6 Å². The Labute approximate surface area is 148 Å². The highest BCUT2D eigenvalue weighted by Gasteiger charge is 2.35. The summed E-state index contributed by atoms with van der Waals surface area (Å²) >= 11 is 2.87. The zero-order valence-electron chi connectivity index (χ0n) is 13.4. The van der Waals surface area contributed by atoms with Crippen LogP contribution in [0.15, 0.2) is 53.6 Å². The Kier molecular flexibility index (Phi) is 4.78. The van der Waals surface area contributed by atoms with E-state index in [2.05, 4.69) is 11.4 Å². The molecular weight excluding hydrogens is 342 g/mol. The van der Waals surface area contributed by atoms with Gasteiger partial charge in [0, 0.05) is 16.6 Å². The van der Waals surface area contributed by atoms with Crippen molar-refractivity contribution in [2.24, 2.45) is 0 Å². The molecule has 0 saturated carbocycles. The molecule has 0 aliphatic carbocycles. The standard InChI is InChI=1S/C18H17NO3S2/c1-18(2)15(10-17(21)24-18)22-11-16(20)19-13-7-5-12(6-8-13)14-4-3-9-23-14/h3-10H,11H2,1-2H3,(H,19,20). The molecule has 4 nitrogen and oxygen atoms in total. The first-order valence-corrected chi connectivity index (χ1v) is 9.15. The van der Waals surface area contributed by atoms with Crippen molar-refractivity contribution in [2.75, 3.05) is 11.9 Å². The van der Waals surface area contributed by atoms with Crippen LogP contribution in [-0.2, 0) is 14.3 Å². The van der Waals surface area contributed by atoms with Crippen molar-refractivity contribution in [3.05, 3.63) is 53.6 Å². The van der Waals surface area contributed by atoms with Gasteiger partial charge in [-0.1, -0.05) is 30.0 Å². The van der Waals surface area contributed by atoms with Crippen molar-refractivity contribution in [3.63, 3.8) is 0 Å². The molecule has 1 aliphatic heterocycles. The summed E-state index contributed by atoms with van der Waals surface area (Å²) in [5.41, 5.74) is 1.83. The van der Waals surface area contributed by atoms with Crippen LogP contribution in [0.1, 0.15) is 13.8 Å². The Morgan fingerprint density at radius 1 is 1.21 bits per heavy atom. The number of nitrogens with one attached hydrogen (secondary N) is 1. The predicted molar refractivity (Wildman–Crippen MR) is 99.1 cm³/mol. The van der Waals surface area contributed by atoms with E-state index in [0.717, 1.165) is 5.56 Å². The molecule has 0 fully saturated rings. The van der Waals surface area contributed by atoms with Gasteiger partial charge in [-0.15, -0.1) is 11.3 Å². The van der Waals surface area contributed by atoms with Gasteiger partial charge < -0.3 is 10.1 Å². The molecule has 1 N–H and O–H groups in total. The van der Waals surface area contributed by atoms with E-state index < -0.39 is 4.75 Å². The topological polar surface area (TPSA) is 55.4 Å².